The van der Waals surface area contributed by atoms with Crippen LogP contribution in [0.3, 0.4) is 0 Å². The largest absolute Gasteiger partial charge is 0.490 e. The molecule has 0 aliphatic heterocycles. The van der Waals surface area contributed by atoms with Crippen molar-refractivity contribution in [1.82, 2.24) is 10.2 Å². The molecule has 0 atom stereocenters. The van der Waals surface area contributed by atoms with E-state index in [1.807, 2.05) is 25.1 Å². The van der Waals surface area contributed by atoms with Crippen LogP contribution in [0.5, 0.6) is 11.5 Å². The van der Waals surface area contributed by atoms with Crippen LogP contribution in [0.4, 0.5) is 0 Å². The summed E-state index contributed by atoms with van der Waals surface area (Å²) < 4.78 is 11.8. The Labute approximate surface area is 195 Å². The summed E-state index contributed by atoms with van der Waals surface area (Å²) in [7, 11) is 0. The molecule has 4 nitrogen and oxygen atoms in total. The maximum atomic E-state index is 6.53. The van der Waals surface area contributed by atoms with E-state index in [0.29, 0.717) is 39.8 Å². The Bertz CT molecular complexity index is 798. The van der Waals surface area contributed by atoms with Gasteiger partial charge in [-0.05, 0) is 74.9 Å². The topological polar surface area (TPSA) is 33.7 Å². The summed E-state index contributed by atoms with van der Waals surface area (Å²) in [5.41, 5.74) is 1.97. The van der Waals surface area contributed by atoms with Crippen molar-refractivity contribution in [3.05, 3.63) is 56.5 Å². The molecule has 0 spiro atoms. The third-order valence-electron chi connectivity index (χ3n) is 4.79. The Morgan fingerprint density at radius 2 is 1.60 bits per heavy atom. The summed E-state index contributed by atoms with van der Waals surface area (Å²) in [5, 5.41) is 5.02. The monoisotopic (exact) mass is 472 g/mol. The third kappa shape index (κ3) is 7.82. The van der Waals surface area contributed by atoms with Crippen molar-refractivity contribution in [3.8, 4) is 11.5 Å². The summed E-state index contributed by atoms with van der Waals surface area (Å²) in [5.74, 6) is 1.18. The molecule has 7 heteroatoms. The number of nitrogens with one attached hydrogen (secondary N) is 1. The summed E-state index contributed by atoms with van der Waals surface area (Å²) >= 11 is 18.6. The lowest BCUT2D eigenvalue weighted by Gasteiger charge is -2.18. The average molecular weight is 474 g/mol. The predicted octanol–water partition coefficient (Wildman–Crippen LogP) is 6.45. The molecule has 2 aromatic carbocycles. The molecule has 166 valence electrons. The van der Waals surface area contributed by atoms with E-state index in [9.17, 15) is 0 Å². The summed E-state index contributed by atoms with van der Waals surface area (Å²) in [4.78, 5) is 2.42. The fourth-order valence-corrected chi connectivity index (χ4v) is 3.72. The molecule has 0 unspecified atom stereocenters. The minimum atomic E-state index is 0.319. The smallest absolute Gasteiger partial charge is 0.180 e. The van der Waals surface area contributed by atoms with Gasteiger partial charge in [-0.15, -0.1) is 0 Å². The number of benzene rings is 2. The molecular formula is C23H31Cl3N2O2. The van der Waals surface area contributed by atoms with Crippen molar-refractivity contribution in [2.45, 2.75) is 40.3 Å². The first-order valence-electron chi connectivity index (χ1n) is 10.4. The molecule has 0 aromatic heterocycles. The summed E-state index contributed by atoms with van der Waals surface area (Å²) in [6, 6.07) is 9.32. The fourth-order valence-electron chi connectivity index (χ4n) is 3.11. The van der Waals surface area contributed by atoms with E-state index in [0.717, 1.165) is 50.3 Å². The molecule has 0 heterocycles. The van der Waals surface area contributed by atoms with Crippen LogP contribution in [0, 0.1) is 0 Å². The molecular weight excluding hydrogens is 443 g/mol. The van der Waals surface area contributed by atoms with Crippen LogP contribution < -0.4 is 14.8 Å². The number of rotatable bonds is 13. The van der Waals surface area contributed by atoms with E-state index in [2.05, 4.69) is 24.1 Å². The van der Waals surface area contributed by atoms with Crippen molar-refractivity contribution >= 4 is 34.8 Å². The van der Waals surface area contributed by atoms with Gasteiger partial charge in [-0.2, -0.15) is 0 Å². The second-order valence-corrected chi connectivity index (χ2v) is 8.15. The first-order chi connectivity index (χ1) is 14.5. The van der Waals surface area contributed by atoms with Crippen LogP contribution in [0.1, 0.15) is 38.3 Å². The number of ether oxygens (including phenoxy) is 2. The Balaban J connectivity index is 1.97. The van der Waals surface area contributed by atoms with Crippen LogP contribution >= 0.6 is 34.8 Å². The zero-order valence-electron chi connectivity index (χ0n) is 17.9. The maximum Gasteiger partial charge on any atom is 0.180 e. The predicted molar refractivity (Wildman–Crippen MR) is 128 cm³/mol. The Hall–Kier alpha value is -1.17. The zero-order chi connectivity index (χ0) is 21.9. The van der Waals surface area contributed by atoms with Gasteiger partial charge in [-0.3, -0.25) is 0 Å². The van der Waals surface area contributed by atoms with Gasteiger partial charge >= 0.3 is 0 Å². The highest BCUT2D eigenvalue weighted by Gasteiger charge is 2.13. The number of halogens is 3. The van der Waals surface area contributed by atoms with Gasteiger partial charge in [0.1, 0.15) is 6.61 Å². The lowest BCUT2D eigenvalue weighted by molar-refractivity contribution is 0.269. The van der Waals surface area contributed by atoms with Gasteiger partial charge < -0.3 is 19.7 Å². The van der Waals surface area contributed by atoms with Crippen LogP contribution in [0.15, 0.2) is 30.3 Å². The molecule has 2 rings (SSSR count). The first kappa shape index (κ1) is 25.1. The standard InChI is InChI=1S/C23H31Cl3N2O2/c1-4-28(5-2)11-7-10-27-15-18-13-21(26)23(22(14-18)29-6-3)30-16-17-8-9-19(24)20(25)12-17/h8-9,12-14,27H,4-7,10-11,15-16H2,1-3H3. The van der Waals surface area contributed by atoms with Crippen LogP contribution in [-0.2, 0) is 13.2 Å². The number of hydrogen-bond acceptors (Lipinski definition) is 4. The molecule has 1 N–H and O–H groups in total. The van der Waals surface area contributed by atoms with E-state index in [-0.39, 0.29) is 0 Å². The molecule has 0 saturated carbocycles. The molecule has 0 aliphatic rings. The molecule has 0 bridgehead atoms. The highest BCUT2D eigenvalue weighted by molar-refractivity contribution is 6.42. The van der Waals surface area contributed by atoms with Gasteiger partial charge in [0.25, 0.3) is 0 Å². The lowest BCUT2D eigenvalue weighted by Crippen LogP contribution is -2.27. The van der Waals surface area contributed by atoms with E-state index < -0.39 is 0 Å². The molecule has 0 aliphatic carbocycles. The maximum absolute atomic E-state index is 6.53. The van der Waals surface area contributed by atoms with Gasteiger partial charge in [0.05, 0.1) is 21.7 Å². The van der Waals surface area contributed by atoms with Crippen molar-refractivity contribution in [2.75, 3.05) is 32.8 Å². The van der Waals surface area contributed by atoms with Gasteiger partial charge in [-0.1, -0.05) is 54.7 Å². The second kappa shape index (κ2) is 13.3. The third-order valence-corrected chi connectivity index (χ3v) is 5.81. The van der Waals surface area contributed by atoms with Crippen molar-refractivity contribution in [1.29, 1.82) is 0 Å². The highest BCUT2D eigenvalue weighted by atomic mass is 35.5. The van der Waals surface area contributed by atoms with E-state index in [4.69, 9.17) is 44.3 Å². The Kier molecular flexibility index (Phi) is 11.1. The number of hydrogen-bond donors (Lipinski definition) is 1. The number of nitrogens with zero attached hydrogens (tertiary/aromatic N) is 1. The van der Waals surface area contributed by atoms with Crippen molar-refractivity contribution < 1.29 is 9.47 Å². The average Bonchev–Trinajstić information content (AvgIpc) is 2.73. The lowest BCUT2D eigenvalue weighted by atomic mass is 10.2. The first-order valence-corrected chi connectivity index (χ1v) is 11.6. The van der Waals surface area contributed by atoms with Crippen molar-refractivity contribution in [2.24, 2.45) is 0 Å². The van der Waals surface area contributed by atoms with Gasteiger partial charge in [0.15, 0.2) is 11.5 Å². The Morgan fingerprint density at radius 3 is 2.27 bits per heavy atom. The summed E-state index contributed by atoms with van der Waals surface area (Å²) in [6.07, 6.45) is 1.11. The van der Waals surface area contributed by atoms with Crippen LogP contribution in [0.2, 0.25) is 15.1 Å². The minimum Gasteiger partial charge on any atom is -0.490 e. The van der Waals surface area contributed by atoms with Crippen molar-refractivity contribution in [3.63, 3.8) is 0 Å². The molecule has 2 aromatic rings. The fraction of sp³-hybridized carbons (Fsp3) is 0.478. The van der Waals surface area contributed by atoms with Gasteiger partial charge in [0.2, 0.25) is 0 Å². The molecule has 0 radical (unpaired) electrons. The van der Waals surface area contributed by atoms with E-state index in [1.54, 1.807) is 12.1 Å². The minimum absolute atomic E-state index is 0.319. The second-order valence-electron chi connectivity index (χ2n) is 6.93. The van der Waals surface area contributed by atoms with Crippen LogP contribution in [0.25, 0.3) is 0 Å². The highest BCUT2D eigenvalue weighted by Crippen LogP contribution is 2.37. The quantitative estimate of drug-likeness (QED) is 0.339. The zero-order valence-corrected chi connectivity index (χ0v) is 20.2. The molecule has 0 saturated heterocycles. The Morgan fingerprint density at radius 1 is 0.867 bits per heavy atom. The van der Waals surface area contributed by atoms with E-state index >= 15 is 0 Å². The van der Waals surface area contributed by atoms with Crippen LogP contribution in [-0.4, -0.2) is 37.7 Å². The van der Waals surface area contributed by atoms with E-state index in [1.165, 1.54) is 0 Å². The molecule has 0 fully saturated rings. The van der Waals surface area contributed by atoms with Gasteiger partial charge in [0, 0.05) is 6.54 Å². The molecule has 30 heavy (non-hydrogen) atoms. The normalized spacial score (nSPS) is 11.2. The SMILES string of the molecule is CCOc1cc(CNCCCN(CC)CC)cc(Cl)c1OCc1ccc(Cl)c(Cl)c1. The molecule has 0 amide bonds. The van der Waals surface area contributed by atoms with Gasteiger partial charge in [-0.25, -0.2) is 0 Å². The summed E-state index contributed by atoms with van der Waals surface area (Å²) in [6.45, 7) is 12.1.